The Morgan fingerprint density at radius 1 is 1.26 bits per heavy atom. The highest BCUT2D eigenvalue weighted by molar-refractivity contribution is 5.76. The van der Waals surface area contributed by atoms with Gasteiger partial charge in [0.2, 0.25) is 5.69 Å². The average molecular weight is 311 g/mol. The maximum absolute atomic E-state index is 4.50. The Hall–Kier alpha value is -1.63. The van der Waals surface area contributed by atoms with Crippen LogP contribution >= 0.6 is 0 Å². The minimum absolute atomic E-state index is 0.111. The van der Waals surface area contributed by atoms with Crippen molar-refractivity contribution in [2.75, 3.05) is 0 Å². The fourth-order valence-electron chi connectivity index (χ4n) is 3.89. The van der Waals surface area contributed by atoms with Crippen molar-refractivity contribution in [1.29, 1.82) is 0 Å². The van der Waals surface area contributed by atoms with Gasteiger partial charge in [0.05, 0.1) is 0 Å². The molecule has 1 nitrogen and oxygen atoms in total. The summed E-state index contributed by atoms with van der Waals surface area (Å²) >= 11 is 0. The van der Waals surface area contributed by atoms with Crippen molar-refractivity contribution < 1.29 is 4.57 Å². The summed E-state index contributed by atoms with van der Waals surface area (Å²) in [4.78, 5) is 0. The lowest BCUT2D eigenvalue weighted by Gasteiger charge is -2.33. The van der Waals surface area contributed by atoms with E-state index >= 15 is 0 Å². The Balaban J connectivity index is 2.83. The fourth-order valence-corrected chi connectivity index (χ4v) is 3.89. The van der Waals surface area contributed by atoms with E-state index in [-0.39, 0.29) is 5.41 Å². The van der Waals surface area contributed by atoms with Gasteiger partial charge in [-0.25, -0.2) is 0 Å². The lowest BCUT2D eigenvalue weighted by Crippen LogP contribution is -2.39. The Labute approximate surface area is 142 Å². The van der Waals surface area contributed by atoms with Crippen LogP contribution in [0.3, 0.4) is 0 Å². The maximum atomic E-state index is 4.50. The first-order valence-electron chi connectivity index (χ1n) is 8.96. The summed E-state index contributed by atoms with van der Waals surface area (Å²) in [5.74, 6) is 0. The van der Waals surface area contributed by atoms with Crippen LogP contribution < -0.4 is 4.57 Å². The SMILES string of the molecule is C=C1C[n+]2ccc(C)cc2C(C=C(C)CC)=C(C)C1(CC)CC. The van der Waals surface area contributed by atoms with E-state index in [1.807, 2.05) is 0 Å². The molecule has 0 bridgehead atoms. The zero-order valence-electron chi connectivity index (χ0n) is 15.8. The van der Waals surface area contributed by atoms with Crippen LogP contribution in [0.25, 0.3) is 5.57 Å². The van der Waals surface area contributed by atoms with E-state index in [1.54, 1.807) is 0 Å². The van der Waals surface area contributed by atoms with E-state index in [9.17, 15) is 0 Å². The standard InChI is InChI=1S/C22H32N/c1-8-16(4)13-20-19(7)22(9-2,10-3)18(6)15-23-12-11-17(5)14-21(20)23/h11-14H,6,8-10,15H2,1-5,7H3/q+1. The highest BCUT2D eigenvalue weighted by Gasteiger charge is 2.39. The molecule has 0 radical (unpaired) electrons. The number of aryl methyl sites for hydroxylation is 1. The summed E-state index contributed by atoms with van der Waals surface area (Å²) in [6.07, 6.45) is 7.95. The first-order chi connectivity index (χ1) is 10.9. The van der Waals surface area contributed by atoms with Crippen molar-refractivity contribution in [1.82, 2.24) is 0 Å². The van der Waals surface area contributed by atoms with Gasteiger partial charge in [0.15, 0.2) is 12.7 Å². The molecule has 2 heterocycles. The minimum atomic E-state index is 0.111. The molecule has 1 aliphatic heterocycles. The molecule has 1 aromatic rings. The molecule has 1 heteroatoms. The first-order valence-corrected chi connectivity index (χ1v) is 8.96. The maximum Gasteiger partial charge on any atom is 0.212 e. The second kappa shape index (κ2) is 6.86. The number of hydrogen-bond donors (Lipinski definition) is 0. The van der Waals surface area contributed by atoms with E-state index in [1.165, 1.54) is 33.5 Å². The Bertz CT molecular complexity index is 669. The lowest BCUT2D eigenvalue weighted by atomic mass is 9.69. The molecule has 0 atom stereocenters. The molecule has 1 aromatic heterocycles. The molecule has 0 saturated carbocycles. The van der Waals surface area contributed by atoms with Crippen LogP contribution in [0.15, 0.2) is 47.7 Å². The van der Waals surface area contributed by atoms with Crippen molar-refractivity contribution in [3.8, 4) is 0 Å². The molecule has 1 aliphatic rings. The molecule has 0 aromatic carbocycles. The summed E-state index contributed by atoms with van der Waals surface area (Å²) in [5, 5.41) is 0. The van der Waals surface area contributed by atoms with Crippen LogP contribution in [-0.4, -0.2) is 0 Å². The van der Waals surface area contributed by atoms with E-state index in [2.05, 4.69) is 77.1 Å². The predicted molar refractivity (Wildman–Crippen MR) is 100 cm³/mol. The summed E-state index contributed by atoms with van der Waals surface area (Å²) < 4.78 is 2.38. The number of fused-ring (bicyclic) bond motifs is 1. The number of nitrogens with zero attached hydrogens (tertiary/aromatic N) is 1. The van der Waals surface area contributed by atoms with Gasteiger partial charge in [0.1, 0.15) is 0 Å². The van der Waals surface area contributed by atoms with Crippen molar-refractivity contribution in [2.45, 2.75) is 67.3 Å². The highest BCUT2D eigenvalue weighted by Crippen LogP contribution is 2.46. The van der Waals surface area contributed by atoms with Crippen LogP contribution in [0.1, 0.15) is 65.1 Å². The largest absolute Gasteiger partial charge is 0.212 e. The number of rotatable bonds is 4. The van der Waals surface area contributed by atoms with Crippen LogP contribution in [0, 0.1) is 12.3 Å². The molecule has 0 spiro atoms. The summed E-state index contributed by atoms with van der Waals surface area (Å²) in [6, 6.07) is 4.53. The average Bonchev–Trinajstić information content (AvgIpc) is 2.62. The Kier molecular flexibility index (Phi) is 5.29. The van der Waals surface area contributed by atoms with Gasteiger partial charge in [-0.1, -0.05) is 32.9 Å². The van der Waals surface area contributed by atoms with E-state index < -0.39 is 0 Å². The van der Waals surface area contributed by atoms with E-state index in [4.69, 9.17) is 0 Å². The Morgan fingerprint density at radius 2 is 1.91 bits per heavy atom. The van der Waals surface area contributed by atoms with Crippen molar-refractivity contribution >= 4 is 5.57 Å². The molecule has 0 saturated heterocycles. The van der Waals surface area contributed by atoms with Gasteiger partial charge in [0, 0.05) is 23.1 Å². The van der Waals surface area contributed by atoms with Crippen molar-refractivity contribution in [2.24, 2.45) is 5.41 Å². The van der Waals surface area contributed by atoms with Gasteiger partial charge in [-0.3, -0.25) is 0 Å². The zero-order valence-corrected chi connectivity index (χ0v) is 15.8. The third-order valence-electron chi connectivity index (χ3n) is 5.78. The van der Waals surface area contributed by atoms with E-state index in [0.717, 1.165) is 25.8 Å². The molecular weight excluding hydrogens is 278 g/mol. The van der Waals surface area contributed by atoms with Gasteiger partial charge in [-0.05, 0) is 62.8 Å². The van der Waals surface area contributed by atoms with Gasteiger partial charge in [-0.15, -0.1) is 0 Å². The quantitative estimate of drug-likeness (QED) is 0.489. The number of allylic oxidation sites excluding steroid dienone is 5. The highest BCUT2D eigenvalue weighted by atomic mass is 15.0. The molecule has 124 valence electrons. The smallest absolute Gasteiger partial charge is 0.194 e. The van der Waals surface area contributed by atoms with Crippen LogP contribution in [0.5, 0.6) is 0 Å². The third kappa shape index (κ3) is 3.06. The second-order valence-corrected chi connectivity index (χ2v) is 6.99. The second-order valence-electron chi connectivity index (χ2n) is 6.99. The normalized spacial score (nSPS) is 18.0. The topological polar surface area (TPSA) is 3.88 Å². The first kappa shape index (κ1) is 17.7. The van der Waals surface area contributed by atoms with Crippen molar-refractivity contribution in [3.05, 3.63) is 59.0 Å². The predicted octanol–water partition coefficient (Wildman–Crippen LogP) is 5.79. The lowest BCUT2D eigenvalue weighted by molar-refractivity contribution is -0.691. The third-order valence-corrected chi connectivity index (χ3v) is 5.78. The molecule has 0 fully saturated rings. The molecular formula is C22H32N+. The molecule has 2 rings (SSSR count). The fraction of sp³-hybridized carbons (Fsp3) is 0.500. The van der Waals surface area contributed by atoms with Gasteiger partial charge < -0.3 is 0 Å². The van der Waals surface area contributed by atoms with Gasteiger partial charge in [0.25, 0.3) is 0 Å². The summed E-state index contributed by atoms with van der Waals surface area (Å²) in [7, 11) is 0. The molecule has 23 heavy (non-hydrogen) atoms. The van der Waals surface area contributed by atoms with E-state index in [0.29, 0.717) is 0 Å². The molecule has 0 amide bonds. The zero-order chi connectivity index (χ0) is 17.2. The number of aromatic nitrogens is 1. The summed E-state index contributed by atoms with van der Waals surface area (Å²) in [6.45, 7) is 19.0. The number of pyridine rings is 1. The van der Waals surface area contributed by atoms with Gasteiger partial charge in [-0.2, -0.15) is 4.57 Å². The minimum Gasteiger partial charge on any atom is -0.194 e. The Morgan fingerprint density at radius 3 is 2.48 bits per heavy atom. The number of hydrogen-bond acceptors (Lipinski definition) is 0. The van der Waals surface area contributed by atoms with Crippen LogP contribution in [0.2, 0.25) is 0 Å². The molecule has 0 aliphatic carbocycles. The van der Waals surface area contributed by atoms with Crippen molar-refractivity contribution in [3.63, 3.8) is 0 Å². The molecule has 0 unspecified atom stereocenters. The monoisotopic (exact) mass is 310 g/mol. The summed E-state index contributed by atoms with van der Waals surface area (Å²) in [5.41, 5.74) is 8.41. The van der Waals surface area contributed by atoms with Crippen LogP contribution in [-0.2, 0) is 6.54 Å². The van der Waals surface area contributed by atoms with Crippen LogP contribution in [0.4, 0.5) is 0 Å². The van der Waals surface area contributed by atoms with Gasteiger partial charge >= 0.3 is 0 Å². The molecule has 0 N–H and O–H groups in total.